The van der Waals surface area contributed by atoms with Gasteiger partial charge < -0.3 is 10.2 Å². The summed E-state index contributed by atoms with van der Waals surface area (Å²) in [5, 5.41) is 3.33. The molecule has 2 fully saturated rings. The van der Waals surface area contributed by atoms with E-state index in [4.69, 9.17) is 0 Å². The highest BCUT2D eigenvalue weighted by atomic mass is 19.4. The molecule has 3 atom stereocenters. The zero-order valence-electron chi connectivity index (χ0n) is 12.6. The lowest BCUT2D eigenvalue weighted by Crippen LogP contribution is -2.50. The van der Waals surface area contributed by atoms with E-state index >= 15 is 0 Å². The van der Waals surface area contributed by atoms with E-state index in [1.165, 1.54) is 0 Å². The Morgan fingerprint density at radius 2 is 2.00 bits per heavy atom. The van der Waals surface area contributed by atoms with Gasteiger partial charge in [-0.15, -0.1) is 0 Å². The summed E-state index contributed by atoms with van der Waals surface area (Å²) in [5.74, 6) is -1.80. The number of hydrogen-bond donors (Lipinski definition) is 1. The van der Waals surface area contributed by atoms with Crippen LogP contribution in [0.3, 0.4) is 0 Å². The van der Waals surface area contributed by atoms with Crippen molar-refractivity contribution in [3.8, 4) is 0 Å². The number of piperidine rings is 1. The summed E-state index contributed by atoms with van der Waals surface area (Å²) < 4.78 is 38.5. The number of carbonyl (C=O) groups excluding carboxylic acids is 1. The average molecular weight is 306 g/mol. The number of rotatable bonds is 3. The van der Waals surface area contributed by atoms with Gasteiger partial charge in [0.15, 0.2) is 0 Å². The van der Waals surface area contributed by atoms with Crippen LogP contribution in [0.4, 0.5) is 13.2 Å². The van der Waals surface area contributed by atoms with E-state index in [-0.39, 0.29) is 24.8 Å². The Hall–Kier alpha value is -0.780. The topological polar surface area (TPSA) is 32.3 Å². The van der Waals surface area contributed by atoms with Crippen molar-refractivity contribution in [3.63, 3.8) is 0 Å². The van der Waals surface area contributed by atoms with E-state index < -0.39 is 18.0 Å². The highest BCUT2D eigenvalue weighted by Gasteiger charge is 2.44. The molecule has 3 nitrogen and oxygen atoms in total. The number of likely N-dealkylation sites (tertiary alicyclic amines) is 1. The van der Waals surface area contributed by atoms with Crippen molar-refractivity contribution < 1.29 is 18.0 Å². The van der Waals surface area contributed by atoms with Crippen molar-refractivity contribution in [1.29, 1.82) is 0 Å². The second-order valence-electron chi connectivity index (χ2n) is 6.28. The highest BCUT2D eigenvalue weighted by molar-refractivity contribution is 5.79. The lowest BCUT2D eigenvalue weighted by atomic mass is 9.80. The largest absolute Gasteiger partial charge is 0.391 e. The van der Waals surface area contributed by atoms with Gasteiger partial charge in [-0.2, -0.15) is 13.2 Å². The smallest absolute Gasteiger partial charge is 0.341 e. The Morgan fingerprint density at radius 1 is 1.24 bits per heavy atom. The molecule has 2 aliphatic rings. The van der Waals surface area contributed by atoms with Gasteiger partial charge in [-0.25, -0.2) is 0 Å². The van der Waals surface area contributed by atoms with E-state index in [1.807, 2.05) is 6.92 Å². The lowest BCUT2D eigenvalue weighted by molar-refractivity contribution is -0.187. The van der Waals surface area contributed by atoms with Crippen molar-refractivity contribution in [2.45, 2.75) is 57.7 Å². The zero-order valence-corrected chi connectivity index (χ0v) is 12.6. The fourth-order valence-electron chi connectivity index (χ4n) is 3.60. The van der Waals surface area contributed by atoms with Crippen LogP contribution in [0.2, 0.25) is 0 Å². The Labute approximate surface area is 124 Å². The molecule has 3 unspecified atom stereocenters. The minimum absolute atomic E-state index is 0.0231. The van der Waals surface area contributed by atoms with Crippen LogP contribution in [0.15, 0.2) is 0 Å². The monoisotopic (exact) mass is 306 g/mol. The Morgan fingerprint density at radius 3 is 2.67 bits per heavy atom. The Balaban J connectivity index is 1.92. The van der Waals surface area contributed by atoms with E-state index in [9.17, 15) is 18.0 Å². The number of alkyl halides is 3. The molecule has 1 aliphatic carbocycles. The number of likely N-dealkylation sites (N-methyl/N-ethyl adjacent to an activating group) is 1. The van der Waals surface area contributed by atoms with Gasteiger partial charge in [0, 0.05) is 25.0 Å². The van der Waals surface area contributed by atoms with Crippen molar-refractivity contribution in [1.82, 2.24) is 10.2 Å². The van der Waals surface area contributed by atoms with E-state index in [0.29, 0.717) is 25.9 Å². The SMILES string of the molecule is CCNC1CCCN(C(=O)C2CCCC(C(F)(F)F)C2)C1. The Kier molecular flexibility index (Phi) is 5.52. The molecule has 122 valence electrons. The maximum absolute atomic E-state index is 12.8. The first kappa shape index (κ1) is 16.6. The summed E-state index contributed by atoms with van der Waals surface area (Å²) in [6, 6.07) is 0.287. The zero-order chi connectivity index (χ0) is 15.5. The van der Waals surface area contributed by atoms with E-state index in [0.717, 1.165) is 19.4 Å². The quantitative estimate of drug-likeness (QED) is 0.869. The maximum atomic E-state index is 12.8. The summed E-state index contributed by atoms with van der Waals surface area (Å²) in [5.41, 5.74) is 0. The lowest BCUT2D eigenvalue weighted by Gasteiger charge is -2.37. The fraction of sp³-hybridized carbons (Fsp3) is 0.933. The van der Waals surface area contributed by atoms with Crippen molar-refractivity contribution in [2.75, 3.05) is 19.6 Å². The minimum Gasteiger partial charge on any atom is -0.341 e. The molecule has 2 rings (SSSR count). The number of nitrogens with one attached hydrogen (secondary N) is 1. The summed E-state index contributed by atoms with van der Waals surface area (Å²) in [4.78, 5) is 14.3. The third-order valence-electron chi connectivity index (χ3n) is 4.71. The third kappa shape index (κ3) is 4.34. The summed E-state index contributed by atoms with van der Waals surface area (Å²) in [6.07, 6.45) is -0.934. The molecular weight excluding hydrogens is 281 g/mol. The van der Waals surface area contributed by atoms with Crippen LogP contribution in [-0.4, -0.2) is 42.7 Å². The van der Waals surface area contributed by atoms with E-state index in [2.05, 4.69) is 5.32 Å². The van der Waals surface area contributed by atoms with Crippen LogP contribution in [0.1, 0.15) is 45.4 Å². The molecule has 0 aromatic heterocycles. The predicted octanol–water partition coefficient (Wildman–Crippen LogP) is 2.96. The Bertz CT molecular complexity index is 357. The highest BCUT2D eigenvalue weighted by Crippen LogP contribution is 2.40. The molecule has 1 heterocycles. The molecule has 1 saturated heterocycles. The van der Waals surface area contributed by atoms with Crippen molar-refractivity contribution in [2.24, 2.45) is 11.8 Å². The molecule has 0 aromatic carbocycles. The van der Waals surface area contributed by atoms with E-state index in [1.54, 1.807) is 4.90 Å². The normalized spacial score (nSPS) is 31.2. The number of nitrogens with zero attached hydrogens (tertiary/aromatic N) is 1. The van der Waals surface area contributed by atoms with Gasteiger partial charge in [0.25, 0.3) is 0 Å². The fourth-order valence-corrected chi connectivity index (χ4v) is 3.60. The second-order valence-corrected chi connectivity index (χ2v) is 6.28. The van der Waals surface area contributed by atoms with Crippen LogP contribution in [0, 0.1) is 11.8 Å². The number of hydrogen-bond acceptors (Lipinski definition) is 2. The summed E-state index contributed by atoms with van der Waals surface area (Å²) in [7, 11) is 0. The molecule has 0 radical (unpaired) electrons. The molecule has 0 bridgehead atoms. The molecule has 0 aromatic rings. The molecular formula is C15H25F3N2O. The first-order chi connectivity index (χ1) is 9.91. The van der Waals surface area contributed by atoms with Crippen molar-refractivity contribution >= 4 is 5.91 Å². The first-order valence-electron chi connectivity index (χ1n) is 8.00. The van der Waals surface area contributed by atoms with Crippen LogP contribution in [-0.2, 0) is 4.79 Å². The number of carbonyl (C=O) groups is 1. The van der Waals surface area contributed by atoms with Gasteiger partial charge in [-0.05, 0) is 38.6 Å². The van der Waals surface area contributed by atoms with Gasteiger partial charge in [0.2, 0.25) is 5.91 Å². The minimum atomic E-state index is -4.16. The van der Waals surface area contributed by atoms with Crippen LogP contribution >= 0.6 is 0 Å². The van der Waals surface area contributed by atoms with Crippen LogP contribution < -0.4 is 5.32 Å². The maximum Gasteiger partial charge on any atom is 0.391 e. The third-order valence-corrected chi connectivity index (χ3v) is 4.71. The standard InChI is InChI=1S/C15H25F3N2O/c1-2-19-13-7-4-8-20(10-13)14(21)11-5-3-6-12(9-11)15(16,17)18/h11-13,19H,2-10H2,1H3. The first-order valence-corrected chi connectivity index (χ1v) is 8.00. The van der Waals surface area contributed by atoms with Crippen LogP contribution in [0.25, 0.3) is 0 Å². The summed E-state index contributed by atoms with van der Waals surface area (Å²) >= 11 is 0. The van der Waals surface area contributed by atoms with Crippen molar-refractivity contribution in [3.05, 3.63) is 0 Å². The number of halogens is 3. The average Bonchev–Trinajstić information content (AvgIpc) is 2.46. The molecule has 1 amide bonds. The molecule has 21 heavy (non-hydrogen) atoms. The molecule has 1 saturated carbocycles. The van der Waals surface area contributed by atoms with Gasteiger partial charge in [-0.3, -0.25) is 4.79 Å². The molecule has 1 aliphatic heterocycles. The molecule has 0 spiro atoms. The number of amides is 1. The van der Waals surface area contributed by atoms with Gasteiger partial charge >= 0.3 is 6.18 Å². The second kappa shape index (κ2) is 6.99. The summed E-state index contributed by atoms with van der Waals surface area (Å²) in [6.45, 7) is 4.20. The van der Waals surface area contributed by atoms with Gasteiger partial charge in [0.05, 0.1) is 5.92 Å². The molecule has 1 N–H and O–H groups in total. The van der Waals surface area contributed by atoms with Gasteiger partial charge in [0.1, 0.15) is 0 Å². The van der Waals surface area contributed by atoms with Crippen LogP contribution in [0.5, 0.6) is 0 Å². The van der Waals surface area contributed by atoms with Gasteiger partial charge in [-0.1, -0.05) is 13.3 Å². The predicted molar refractivity (Wildman–Crippen MR) is 74.8 cm³/mol. The molecule has 6 heteroatoms.